The number of carboxylic acid groups (broad SMARTS) is 1. The van der Waals surface area contributed by atoms with Crippen LogP contribution in [0.4, 0.5) is 19.7 Å². The third-order valence-corrected chi connectivity index (χ3v) is 4.01. The van der Waals surface area contributed by atoms with E-state index < -0.39 is 24.0 Å². The summed E-state index contributed by atoms with van der Waals surface area (Å²) in [6.45, 7) is -0.145. The van der Waals surface area contributed by atoms with E-state index in [-0.39, 0.29) is 18.9 Å². The molecule has 3 amide bonds. The van der Waals surface area contributed by atoms with Gasteiger partial charge in [-0.2, -0.15) is 0 Å². The summed E-state index contributed by atoms with van der Waals surface area (Å²) >= 11 is 0. The number of ether oxygens (including phenoxy) is 1. The van der Waals surface area contributed by atoms with E-state index in [0.29, 0.717) is 5.69 Å². The number of hydrogen-bond acceptors (Lipinski definition) is 4. The highest BCUT2D eigenvalue weighted by molar-refractivity contribution is 6.01. The molecule has 3 rings (SSSR count). The Bertz CT molecular complexity index is 1010. The highest BCUT2D eigenvalue weighted by atomic mass is 19.1. The number of anilines is 1. The average Bonchev–Trinajstić information content (AvgIpc) is 2.70. The summed E-state index contributed by atoms with van der Waals surface area (Å²) in [5.74, 6) is -0.187. The molecular weight excluding hydrogens is 379 g/mol. The minimum Gasteiger partial charge on any atom is -0.491 e. The first-order chi connectivity index (χ1) is 14.0. The molecule has 8 nitrogen and oxygen atoms in total. The molecule has 1 atom stereocenters. The van der Waals surface area contributed by atoms with Gasteiger partial charge in [-0.15, -0.1) is 0 Å². The first kappa shape index (κ1) is 19.9. The van der Waals surface area contributed by atoms with E-state index in [9.17, 15) is 14.0 Å². The summed E-state index contributed by atoms with van der Waals surface area (Å²) in [5, 5.41) is 18.1. The Morgan fingerprint density at radius 3 is 2.79 bits per heavy atom. The molecule has 0 aliphatic carbocycles. The molecule has 9 heteroatoms. The van der Waals surface area contributed by atoms with Crippen LogP contribution < -0.4 is 20.7 Å². The maximum absolute atomic E-state index is 13.3. The van der Waals surface area contributed by atoms with Crippen molar-refractivity contribution < 1.29 is 23.8 Å². The summed E-state index contributed by atoms with van der Waals surface area (Å²) in [6, 6.07) is 11.5. The van der Waals surface area contributed by atoms with Crippen molar-refractivity contribution in [2.75, 3.05) is 18.5 Å². The molecule has 150 valence electrons. The molecule has 3 aromatic rings. The van der Waals surface area contributed by atoms with Gasteiger partial charge in [0.25, 0.3) is 0 Å². The lowest BCUT2D eigenvalue weighted by molar-refractivity contribution is 0.189. The van der Waals surface area contributed by atoms with Crippen molar-refractivity contribution in [2.24, 2.45) is 0 Å². The number of benzene rings is 2. The van der Waals surface area contributed by atoms with Gasteiger partial charge in [0.1, 0.15) is 18.2 Å². The van der Waals surface area contributed by atoms with E-state index in [1.54, 1.807) is 36.7 Å². The molecule has 4 N–H and O–H groups in total. The predicted molar refractivity (Wildman–Crippen MR) is 106 cm³/mol. The lowest BCUT2D eigenvalue weighted by Crippen LogP contribution is -2.48. The van der Waals surface area contributed by atoms with Crippen LogP contribution in [0.5, 0.6) is 5.75 Å². The normalized spacial score (nSPS) is 11.5. The van der Waals surface area contributed by atoms with Crippen LogP contribution in [0.25, 0.3) is 10.8 Å². The molecule has 0 spiro atoms. The number of fused-ring (bicyclic) bond motifs is 1. The number of carbonyl (C=O) groups excluding carboxylic acids is 1. The Balaban J connectivity index is 1.65. The van der Waals surface area contributed by atoms with Crippen LogP contribution in [0.2, 0.25) is 0 Å². The third-order valence-electron chi connectivity index (χ3n) is 4.01. The number of urea groups is 1. The van der Waals surface area contributed by atoms with Crippen LogP contribution in [0.3, 0.4) is 0 Å². The summed E-state index contributed by atoms with van der Waals surface area (Å²) < 4.78 is 18.8. The van der Waals surface area contributed by atoms with Crippen molar-refractivity contribution in [3.8, 4) is 5.75 Å². The number of carbonyl (C=O) groups is 2. The molecule has 0 aliphatic rings. The quantitative estimate of drug-likeness (QED) is 0.488. The van der Waals surface area contributed by atoms with Gasteiger partial charge in [0.05, 0.1) is 11.7 Å². The highest BCUT2D eigenvalue weighted by Crippen LogP contribution is 2.22. The Kier molecular flexibility index (Phi) is 6.41. The molecule has 2 aromatic carbocycles. The van der Waals surface area contributed by atoms with Crippen molar-refractivity contribution in [3.05, 3.63) is 66.7 Å². The van der Waals surface area contributed by atoms with E-state index in [4.69, 9.17) is 9.84 Å². The Hall–Kier alpha value is -3.88. The Morgan fingerprint density at radius 2 is 2.00 bits per heavy atom. The Labute approximate surface area is 165 Å². The fourth-order valence-electron chi connectivity index (χ4n) is 2.69. The second kappa shape index (κ2) is 9.36. The monoisotopic (exact) mass is 398 g/mol. The maximum atomic E-state index is 13.3. The molecule has 0 bridgehead atoms. The number of aromatic nitrogens is 1. The van der Waals surface area contributed by atoms with Crippen LogP contribution in [-0.4, -0.2) is 41.4 Å². The molecule has 0 saturated carbocycles. The number of nitrogens with one attached hydrogen (secondary N) is 3. The van der Waals surface area contributed by atoms with Gasteiger partial charge in [-0.3, -0.25) is 4.98 Å². The van der Waals surface area contributed by atoms with Crippen LogP contribution >= 0.6 is 0 Å². The third kappa shape index (κ3) is 5.80. The van der Waals surface area contributed by atoms with E-state index in [1.807, 2.05) is 6.07 Å². The maximum Gasteiger partial charge on any atom is 0.404 e. The molecule has 0 unspecified atom stereocenters. The summed E-state index contributed by atoms with van der Waals surface area (Å²) in [5.41, 5.74) is 0.582. The van der Waals surface area contributed by atoms with Gasteiger partial charge in [-0.1, -0.05) is 18.2 Å². The standard InChI is InChI=1S/C20H19FN4O4/c21-14-4-2-5-16(9-14)29-12-15(11-23-20(27)28)24-19(26)25-18-6-1-3-13-10-22-8-7-17(13)18/h1-10,15,23H,11-12H2,(H,27,28)(H2,24,25,26)/t15-/m1/s1. The fourth-order valence-corrected chi connectivity index (χ4v) is 2.69. The smallest absolute Gasteiger partial charge is 0.404 e. The van der Waals surface area contributed by atoms with Crippen molar-refractivity contribution in [3.63, 3.8) is 0 Å². The van der Waals surface area contributed by atoms with Crippen LogP contribution in [-0.2, 0) is 0 Å². The lowest BCUT2D eigenvalue weighted by Gasteiger charge is -2.20. The van der Waals surface area contributed by atoms with Gasteiger partial charge in [0, 0.05) is 35.8 Å². The SMILES string of the molecule is O=C(O)NC[C@H](COc1cccc(F)c1)NC(=O)Nc1cccc2cnccc12. The topological polar surface area (TPSA) is 113 Å². The summed E-state index contributed by atoms with van der Waals surface area (Å²) in [7, 11) is 0. The van der Waals surface area contributed by atoms with E-state index in [2.05, 4.69) is 20.9 Å². The number of amides is 3. The van der Waals surface area contributed by atoms with Gasteiger partial charge < -0.3 is 25.8 Å². The van der Waals surface area contributed by atoms with Crippen molar-refractivity contribution in [2.45, 2.75) is 6.04 Å². The zero-order valence-electron chi connectivity index (χ0n) is 15.3. The van der Waals surface area contributed by atoms with Gasteiger partial charge in [0.15, 0.2) is 0 Å². The van der Waals surface area contributed by atoms with Crippen LogP contribution in [0.1, 0.15) is 0 Å². The van der Waals surface area contributed by atoms with Gasteiger partial charge in [-0.25, -0.2) is 14.0 Å². The van der Waals surface area contributed by atoms with E-state index >= 15 is 0 Å². The number of pyridine rings is 1. The Morgan fingerprint density at radius 1 is 1.17 bits per heavy atom. The molecule has 0 saturated heterocycles. The summed E-state index contributed by atoms with van der Waals surface area (Å²) in [4.78, 5) is 27.3. The largest absolute Gasteiger partial charge is 0.491 e. The second-order valence-electron chi connectivity index (χ2n) is 6.15. The van der Waals surface area contributed by atoms with Gasteiger partial charge in [0.2, 0.25) is 0 Å². The molecule has 0 fully saturated rings. The van der Waals surface area contributed by atoms with Crippen molar-refractivity contribution in [1.82, 2.24) is 15.6 Å². The number of hydrogen-bond donors (Lipinski definition) is 4. The molecule has 1 aromatic heterocycles. The van der Waals surface area contributed by atoms with E-state index in [0.717, 1.165) is 10.8 Å². The summed E-state index contributed by atoms with van der Waals surface area (Å²) in [6.07, 6.45) is 2.08. The van der Waals surface area contributed by atoms with Crippen LogP contribution in [0.15, 0.2) is 60.9 Å². The van der Waals surface area contributed by atoms with E-state index in [1.165, 1.54) is 18.2 Å². The molecule has 0 aliphatic heterocycles. The molecular formula is C20H19FN4O4. The fraction of sp³-hybridized carbons (Fsp3) is 0.150. The predicted octanol–water partition coefficient (Wildman–Crippen LogP) is 3.21. The van der Waals surface area contributed by atoms with Crippen molar-refractivity contribution in [1.29, 1.82) is 0 Å². The zero-order valence-corrected chi connectivity index (χ0v) is 15.3. The number of halogens is 1. The molecule has 0 radical (unpaired) electrons. The zero-order chi connectivity index (χ0) is 20.6. The average molecular weight is 398 g/mol. The molecule has 29 heavy (non-hydrogen) atoms. The number of nitrogens with zero attached hydrogens (tertiary/aromatic N) is 1. The first-order valence-electron chi connectivity index (χ1n) is 8.76. The minimum absolute atomic E-state index is 0.0589. The van der Waals surface area contributed by atoms with Crippen molar-refractivity contribution >= 4 is 28.6 Å². The first-order valence-corrected chi connectivity index (χ1v) is 8.76. The van der Waals surface area contributed by atoms with Gasteiger partial charge >= 0.3 is 12.1 Å². The molecule has 1 heterocycles. The van der Waals surface area contributed by atoms with Gasteiger partial charge in [-0.05, 0) is 24.3 Å². The number of rotatable bonds is 7. The highest BCUT2D eigenvalue weighted by Gasteiger charge is 2.15. The lowest BCUT2D eigenvalue weighted by atomic mass is 10.1. The second-order valence-corrected chi connectivity index (χ2v) is 6.15. The minimum atomic E-state index is -1.23. The van der Waals surface area contributed by atoms with Crippen LogP contribution in [0, 0.1) is 5.82 Å².